The van der Waals surface area contributed by atoms with Crippen molar-refractivity contribution in [2.24, 2.45) is 0 Å². The summed E-state index contributed by atoms with van der Waals surface area (Å²) in [5.41, 5.74) is 0.825. The summed E-state index contributed by atoms with van der Waals surface area (Å²) in [6.45, 7) is 3.23. The van der Waals surface area contributed by atoms with Gasteiger partial charge in [-0.05, 0) is 17.8 Å². The van der Waals surface area contributed by atoms with Gasteiger partial charge in [0.05, 0.1) is 31.9 Å². The van der Waals surface area contributed by atoms with E-state index in [1.807, 2.05) is 42.1 Å². The molecule has 25 heavy (non-hydrogen) atoms. The number of piperazine rings is 1. The maximum atomic E-state index is 12.6. The summed E-state index contributed by atoms with van der Waals surface area (Å²) in [5.74, 6) is 0.0614. The van der Waals surface area contributed by atoms with Gasteiger partial charge in [-0.25, -0.2) is 8.42 Å². The van der Waals surface area contributed by atoms with Crippen molar-refractivity contribution in [2.45, 2.75) is 12.4 Å². The number of nitrogens with zero attached hydrogens (tertiary/aromatic N) is 3. The Morgan fingerprint density at radius 2 is 1.96 bits per heavy atom. The number of hydrogen-bond acceptors (Lipinski definition) is 6. The van der Waals surface area contributed by atoms with Crippen LogP contribution in [0.3, 0.4) is 0 Å². The van der Waals surface area contributed by atoms with E-state index in [9.17, 15) is 8.42 Å². The van der Waals surface area contributed by atoms with Gasteiger partial charge < -0.3 is 10.2 Å². The maximum Gasteiger partial charge on any atom is 0.218 e. The van der Waals surface area contributed by atoms with Gasteiger partial charge in [-0.1, -0.05) is 41.7 Å². The number of nitrogens with one attached hydrogen (secondary N) is 2. The van der Waals surface area contributed by atoms with Crippen LogP contribution in [0.5, 0.6) is 0 Å². The highest BCUT2D eigenvalue weighted by Crippen LogP contribution is 2.13. The molecule has 0 atom stereocenters. The molecule has 1 aliphatic rings. The van der Waals surface area contributed by atoms with E-state index in [0.717, 1.165) is 27.7 Å². The Kier molecular flexibility index (Phi) is 5.85. The highest BCUT2D eigenvalue weighted by Gasteiger charge is 2.29. The van der Waals surface area contributed by atoms with Crippen molar-refractivity contribution in [2.75, 3.05) is 38.5 Å². The predicted molar refractivity (Wildman–Crippen MR) is 102 cm³/mol. The van der Waals surface area contributed by atoms with E-state index in [0.29, 0.717) is 19.8 Å². The summed E-state index contributed by atoms with van der Waals surface area (Å²) in [7, 11) is -1.45. The fraction of sp³-hybridized carbons (Fsp3) is 0.467. The summed E-state index contributed by atoms with van der Waals surface area (Å²) < 4.78 is 29.3. The first-order valence-electron chi connectivity index (χ1n) is 8.09. The molecule has 0 bridgehead atoms. The Morgan fingerprint density at radius 1 is 1.28 bits per heavy atom. The Labute approximate surface area is 156 Å². The van der Waals surface area contributed by atoms with Crippen LogP contribution in [0.1, 0.15) is 5.56 Å². The molecule has 3 rings (SSSR count). The van der Waals surface area contributed by atoms with Crippen LogP contribution in [0.4, 0.5) is 5.13 Å². The molecule has 136 valence electrons. The molecule has 1 aliphatic heterocycles. The molecule has 0 spiro atoms. The highest BCUT2D eigenvalue weighted by atomic mass is 32.2. The van der Waals surface area contributed by atoms with Gasteiger partial charge in [-0.3, -0.25) is 0 Å². The van der Waals surface area contributed by atoms with Gasteiger partial charge in [0.1, 0.15) is 0 Å². The molecule has 0 unspecified atom stereocenters. The zero-order valence-corrected chi connectivity index (χ0v) is 16.5. The topological polar surface area (TPSA) is 71.7 Å². The highest BCUT2D eigenvalue weighted by molar-refractivity contribution is 7.88. The van der Waals surface area contributed by atoms with E-state index in [4.69, 9.17) is 12.2 Å². The fourth-order valence-electron chi connectivity index (χ4n) is 2.83. The molecule has 2 N–H and O–H groups in total. The van der Waals surface area contributed by atoms with Crippen LogP contribution in [0.25, 0.3) is 0 Å². The van der Waals surface area contributed by atoms with Crippen molar-refractivity contribution in [3.63, 3.8) is 0 Å². The van der Waals surface area contributed by atoms with E-state index < -0.39 is 10.0 Å². The molecule has 10 heteroatoms. The van der Waals surface area contributed by atoms with Crippen LogP contribution in [0.2, 0.25) is 0 Å². The largest absolute Gasteiger partial charge is 0.363 e. The monoisotopic (exact) mass is 400 g/mol. The minimum atomic E-state index is -3.27. The number of benzene rings is 1. The lowest BCUT2D eigenvalue weighted by molar-refractivity contribution is -0.926. The molecular formula is C15H22N5O2S3+. The van der Waals surface area contributed by atoms with E-state index in [1.54, 1.807) is 4.31 Å². The van der Waals surface area contributed by atoms with E-state index in [2.05, 4.69) is 10.4 Å². The summed E-state index contributed by atoms with van der Waals surface area (Å²) in [6.07, 6.45) is 0. The second kappa shape index (κ2) is 7.92. The molecule has 1 saturated heterocycles. The van der Waals surface area contributed by atoms with Crippen LogP contribution >= 0.6 is 23.6 Å². The average molecular weight is 401 g/mol. The minimum Gasteiger partial charge on any atom is -0.363 e. The molecule has 0 aliphatic carbocycles. The lowest BCUT2D eigenvalue weighted by Crippen LogP contribution is -3.14. The normalized spacial score (nSPS) is 16.8. The first-order valence-corrected chi connectivity index (χ1v) is 10.9. The molecule has 2 heterocycles. The SMILES string of the molecule is CNc1nn(C[NH+]2CCN(S(=O)(=O)Cc3ccccc3)CC2)c(=S)s1. The number of aromatic nitrogens is 2. The van der Waals surface area contributed by atoms with Gasteiger partial charge in [0, 0.05) is 7.05 Å². The maximum absolute atomic E-state index is 12.6. The van der Waals surface area contributed by atoms with Gasteiger partial charge >= 0.3 is 0 Å². The first kappa shape index (κ1) is 18.5. The zero-order valence-electron chi connectivity index (χ0n) is 14.0. The van der Waals surface area contributed by atoms with Gasteiger partial charge in [-0.15, -0.1) is 5.10 Å². The second-order valence-corrected chi connectivity index (χ2v) is 9.56. The Morgan fingerprint density at radius 3 is 2.56 bits per heavy atom. The Balaban J connectivity index is 1.57. The Hall–Kier alpha value is -1.33. The van der Waals surface area contributed by atoms with Crippen molar-refractivity contribution in [3.05, 3.63) is 39.8 Å². The molecule has 1 aromatic heterocycles. The van der Waals surface area contributed by atoms with Crippen LogP contribution in [-0.4, -0.2) is 55.7 Å². The number of hydrogen-bond donors (Lipinski definition) is 2. The molecule has 0 radical (unpaired) electrons. The standard InChI is InChI=1S/C15H21N5O2S3/c1-16-14-17-20(15(23)24-14)12-18-7-9-19(10-8-18)25(21,22)11-13-5-3-2-4-6-13/h2-6H,7-12H2,1H3,(H,16,17)/p+1. The van der Waals surface area contributed by atoms with Gasteiger partial charge in [-0.2, -0.15) is 8.99 Å². The van der Waals surface area contributed by atoms with E-state index >= 15 is 0 Å². The lowest BCUT2D eigenvalue weighted by atomic mass is 10.2. The molecule has 2 aromatic rings. The fourth-order valence-corrected chi connectivity index (χ4v) is 5.33. The lowest BCUT2D eigenvalue weighted by Gasteiger charge is -2.31. The van der Waals surface area contributed by atoms with Crippen molar-refractivity contribution in [1.82, 2.24) is 14.1 Å². The predicted octanol–water partition coefficient (Wildman–Crippen LogP) is 0.404. The van der Waals surface area contributed by atoms with Crippen molar-refractivity contribution in [3.8, 4) is 0 Å². The molecular weight excluding hydrogens is 378 g/mol. The molecule has 0 saturated carbocycles. The third-order valence-corrected chi connectivity index (χ3v) is 7.38. The van der Waals surface area contributed by atoms with Crippen LogP contribution < -0.4 is 10.2 Å². The molecule has 0 amide bonds. The van der Waals surface area contributed by atoms with E-state index in [-0.39, 0.29) is 5.75 Å². The summed E-state index contributed by atoms with van der Waals surface area (Å²) in [4.78, 5) is 1.29. The summed E-state index contributed by atoms with van der Waals surface area (Å²) in [5, 5.41) is 8.21. The quantitative estimate of drug-likeness (QED) is 0.687. The zero-order chi connectivity index (χ0) is 17.9. The van der Waals surface area contributed by atoms with Gasteiger partial charge in [0.2, 0.25) is 15.2 Å². The summed E-state index contributed by atoms with van der Waals surface area (Å²) in [6, 6.07) is 9.32. The smallest absolute Gasteiger partial charge is 0.218 e. The third-order valence-electron chi connectivity index (χ3n) is 4.21. The van der Waals surface area contributed by atoms with Gasteiger partial charge in [0.15, 0.2) is 10.6 Å². The number of anilines is 1. The number of sulfonamides is 1. The first-order chi connectivity index (χ1) is 12.0. The summed E-state index contributed by atoms with van der Waals surface area (Å²) >= 11 is 6.77. The number of quaternary nitrogens is 1. The average Bonchev–Trinajstić information content (AvgIpc) is 2.96. The van der Waals surface area contributed by atoms with Crippen LogP contribution in [0, 0.1) is 3.95 Å². The number of rotatable bonds is 6. The Bertz CT molecular complexity index is 855. The second-order valence-electron chi connectivity index (χ2n) is 5.97. The minimum absolute atomic E-state index is 0.0614. The molecule has 1 fully saturated rings. The van der Waals surface area contributed by atoms with Crippen molar-refractivity contribution < 1.29 is 13.3 Å². The molecule has 1 aromatic carbocycles. The third kappa shape index (κ3) is 4.64. The van der Waals surface area contributed by atoms with Crippen molar-refractivity contribution >= 4 is 38.7 Å². The van der Waals surface area contributed by atoms with E-state index in [1.165, 1.54) is 16.2 Å². The van der Waals surface area contributed by atoms with Crippen LogP contribution in [0.15, 0.2) is 30.3 Å². The molecule has 7 nitrogen and oxygen atoms in total. The van der Waals surface area contributed by atoms with Crippen molar-refractivity contribution in [1.29, 1.82) is 0 Å². The van der Waals surface area contributed by atoms with Crippen LogP contribution in [-0.2, 0) is 22.4 Å². The van der Waals surface area contributed by atoms with Gasteiger partial charge in [0.25, 0.3) is 0 Å².